The number of anilines is 1. The second-order valence-corrected chi connectivity index (χ2v) is 5.81. The highest BCUT2D eigenvalue weighted by Gasteiger charge is 2.18. The maximum absolute atomic E-state index is 12.0. The number of hydrogen-bond donors (Lipinski definition) is 0. The van der Waals surface area contributed by atoms with Gasteiger partial charge in [-0.15, -0.1) is 0 Å². The highest BCUT2D eigenvalue weighted by atomic mass is 16.5. The molecule has 0 unspecified atom stereocenters. The second kappa shape index (κ2) is 6.32. The van der Waals surface area contributed by atoms with Gasteiger partial charge in [-0.05, 0) is 43.4 Å². The third kappa shape index (κ3) is 3.28. The molecular formula is C18H21NO2. The molecule has 21 heavy (non-hydrogen) atoms. The van der Waals surface area contributed by atoms with Gasteiger partial charge >= 0.3 is 0 Å². The highest BCUT2D eigenvalue weighted by molar-refractivity contribution is 5.94. The Labute approximate surface area is 126 Å². The van der Waals surface area contributed by atoms with Crippen LogP contribution in [-0.2, 0) is 16.0 Å². The standard InChI is InChI=1S/C18H21NO2/c1-19-17-13-15(6-5-14-9-11-21-12-10-14)7-8-16(17)3-2-4-18(19)20/h7-8,13-14H,2-4,9-12H2,1H3. The van der Waals surface area contributed by atoms with E-state index in [1.165, 1.54) is 5.56 Å². The van der Waals surface area contributed by atoms with Crippen molar-refractivity contribution in [3.05, 3.63) is 29.3 Å². The SMILES string of the molecule is CN1C(=O)CCCc2ccc(C#CC3CCOCC3)cc21. The Morgan fingerprint density at radius 3 is 2.86 bits per heavy atom. The summed E-state index contributed by atoms with van der Waals surface area (Å²) in [6, 6.07) is 6.26. The van der Waals surface area contributed by atoms with E-state index >= 15 is 0 Å². The van der Waals surface area contributed by atoms with Crippen LogP contribution in [0.25, 0.3) is 0 Å². The number of carbonyl (C=O) groups excluding carboxylic acids is 1. The Balaban J connectivity index is 1.83. The van der Waals surface area contributed by atoms with E-state index < -0.39 is 0 Å². The zero-order valence-electron chi connectivity index (χ0n) is 12.5. The minimum atomic E-state index is 0.197. The van der Waals surface area contributed by atoms with Crippen LogP contribution in [0, 0.1) is 17.8 Å². The lowest BCUT2D eigenvalue weighted by molar-refractivity contribution is -0.118. The molecule has 0 saturated carbocycles. The van der Waals surface area contributed by atoms with Gasteiger partial charge in [-0.2, -0.15) is 0 Å². The van der Waals surface area contributed by atoms with E-state index in [0.717, 1.165) is 50.1 Å². The number of carbonyl (C=O) groups is 1. The van der Waals surface area contributed by atoms with Gasteiger partial charge in [0, 0.05) is 43.9 Å². The molecule has 2 aliphatic rings. The molecule has 0 atom stereocenters. The molecule has 0 radical (unpaired) electrons. The molecule has 1 aromatic carbocycles. The van der Waals surface area contributed by atoms with Gasteiger partial charge in [0.25, 0.3) is 0 Å². The Hall–Kier alpha value is -1.79. The van der Waals surface area contributed by atoms with E-state index in [0.29, 0.717) is 12.3 Å². The number of amides is 1. The van der Waals surface area contributed by atoms with Gasteiger partial charge in [-0.1, -0.05) is 17.9 Å². The van der Waals surface area contributed by atoms with Gasteiger partial charge in [0.05, 0.1) is 0 Å². The third-order valence-corrected chi connectivity index (χ3v) is 4.30. The first kappa shape index (κ1) is 14.2. The molecule has 110 valence electrons. The molecule has 1 amide bonds. The fraction of sp³-hybridized carbons (Fsp3) is 0.500. The molecule has 1 aromatic rings. The van der Waals surface area contributed by atoms with Crippen molar-refractivity contribution in [2.24, 2.45) is 5.92 Å². The van der Waals surface area contributed by atoms with Crippen LogP contribution in [-0.4, -0.2) is 26.2 Å². The molecule has 1 fully saturated rings. The maximum atomic E-state index is 12.0. The monoisotopic (exact) mass is 283 g/mol. The first-order chi connectivity index (χ1) is 10.2. The Morgan fingerprint density at radius 2 is 2.05 bits per heavy atom. The maximum Gasteiger partial charge on any atom is 0.226 e. The Morgan fingerprint density at radius 1 is 1.24 bits per heavy atom. The number of ether oxygens (including phenoxy) is 1. The molecule has 3 nitrogen and oxygen atoms in total. The van der Waals surface area contributed by atoms with E-state index in [1.54, 1.807) is 4.90 Å². The van der Waals surface area contributed by atoms with Crippen LogP contribution in [0.3, 0.4) is 0 Å². The molecule has 0 N–H and O–H groups in total. The fourth-order valence-electron chi connectivity index (χ4n) is 2.92. The first-order valence-electron chi connectivity index (χ1n) is 7.73. The van der Waals surface area contributed by atoms with Crippen molar-refractivity contribution >= 4 is 11.6 Å². The van der Waals surface area contributed by atoms with Crippen LogP contribution in [0.5, 0.6) is 0 Å². The minimum Gasteiger partial charge on any atom is -0.381 e. The van der Waals surface area contributed by atoms with E-state index in [-0.39, 0.29) is 5.91 Å². The number of hydrogen-bond acceptors (Lipinski definition) is 2. The van der Waals surface area contributed by atoms with Gasteiger partial charge in [0.15, 0.2) is 0 Å². The zero-order valence-corrected chi connectivity index (χ0v) is 12.5. The summed E-state index contributed by atoms with van der Waals surface area (Å²) < 4.78 is 5.35. The molecule has 0 aliphatic carbocycles. The lowest BCUT2D eigenvalue weighted by Gasteiger charge is -2.18. The van der Waals surface area contributed by atoms with E-state index in [4.69, 9.17) is 4.74 Å². The summed E-state index contributed by atoms with van der Waals surface area (Å²) in [4.78, 5) is 13.7. The van der Waals surface area contributed by atoms with Crippen molar-refractivity contribution in [2.45, 2.75) is 32.1 Å². The van der Waals surface area contributed by atoms with Gasteiger partial charge < -0.3 is 9.64 Å². The van der Waals surface area contributed by atoms with Crippen molar-refractivity contribution in [3.63, 3.8) is 0 Å². The van der Waals surface area contributed by atoms with E-state index in [1.807, 2.05) is 7.05 Å². The number of benzene rings is 1. The van der Waals surface area contributed by atoms with Gasteiger partial charge in [0.2, 0.25) is 5.91 Å². The second-order valence-electron chi connectivity index (χ2n) is 5.81. The summed E-state index contributed by atoms with van der Waals surface area (Å²) in [6.07, 6.45) is 4.59. The van der Waals surface area contributed by atoms with Crippen molar-refractivity contribution in [2.75, 3.05) is 25.2 Å². The molecule has 0 bridgehead atoms. The van der Waals surface area contributed by atoms with E-state index in [2.05, 4.69) is 30.0 Å². The van der Waals surface area contributed by atoms with Gasteiger partial charge in [-0.25, -0.2) is 0 Å². The van der Waals surface area contributed by atoms with Gasteiger partial charge in [0.1, 0.15) is 0 Å². The molecule has 3 rings (SSSR count). The average Bonchev–Trinajstić information content (AvgIpc) is 2.66. The van der Waals surface area contributed by atoms with Crippen LogP contribution in [0.4, 0.5) is 5.69 Å². The quantitative estimate of drug-likeness (QED) is 0.685. The number of fused-ring (bicyclic) bond motifs is 1. The Bertz CT molecular complexity index is 591. The van der Waals surface area contributed by atoms with Crippen LogP contribution in [0.15, 0.2) is 18.2 Å². The summed E-state index contributed by atoms with van der Waals surface area (Å²) in [5.41, 5.74) is 3.28. The lowest BCUT2D eigenvalue weighted by Crippen LogP contribution is -2.25. The third-order valence-electron chi connectivity index (χ3n) is 4.30. The first-order valence-corrected chi connectivity index (χ1v) is 7.73. The normalized spacial score (nSPS) is 19.5. The molecule has 0 aromatic heterocycles. The topological polar surface area (TPSA) is 29.5 Å². The largest absolute Gasteiger partial charge is 0.381 e. The molecule has 3 heteroatoms. The summed E-state index contributed by atoms with van der Waals surface area (Å²) in [6.45, 7) is 1.64. The van der Waals surface area contributed by atoms with Gasteiger partial charge in [-0.3, -0.25) is 4.79 Å². The van der Waals surface area contributed by atoms with E-state index in [9.17, 15) is 4.79 Å². The van der Waals surface area contributed by atoms with Crippen molar-refractivity contribution in [1.82, 2.24) is 0 Å². The zero-order chi connectivity index (χ0) is 14.7. The Kier molecular flexibility index (Phi) is 4.26. The average molecular weight is 283 g/mol. The van der Waals surface area contributed by atoms with Crippen LogP contribution in [0.1, 0.15) is 36.8 Å². The lowest BCUT2D eigenvalue weighted by atomic mass is 10.00. The smallest absolute Gasteiger partial charge is 0.226 e. The summed E-state index contributed by atoms with van der Waals surface area (Å²) in [7, 11) is 1.86. The van der Waals surface area contributed by atoms with Crippen molar-refractivity contribution in [1.29, 1.82) is 0 Å². The molecule has 2 heterocycles. The number of rotatable bonds is 0. The van der Waals surface area contributed by atoms with Crippen LogP contribution in [0.2, 0.25) is 0 Å². The molecular weight excluding hydrogens is 262 g/mol. The fourth-order valence-corrected chi connectivity index (χ4v) is 2.92. The van der Waals surface area contributed by atoms with Crippen molar-refractivity contribution in [3.8, 4) is 11.8 Å². The number of aryl methyl sites for hydroxylation is 1. The molecule has 1 saturated heterocycles. The number of nitrogens with zero attached hydrogens (tertiary/aromatic N) is 1. The van der Waals surface area contributed by atoms with Crippen LogP contribution < -0.4 is 4.90 Å². The summed E-state index contributed by atoms with van der Waals surface area (Å²) >= 11 is 0. The van der Waals surface area contributed by atoms with Crippen molar-refractivity contribution < 1.29 is 9.53 Å². The molecule has 2 aliphatic heterocycles. The highest BCUT2D eigenvalue weighted by Crippen LogP contribution is 2.27. The summed E-state index contributed by atoms with van der Waals surface area (Å²) in [5.74, 6) is 7.27. The summed E-state index contributed by atoms with van der Waals surface area (Å²) in [5, 5.41) is 0. The minimum absolute atomic E-state index is 0.197. The molecule has 0 spiro atoms. The van der Waals surface area contributed by atoms with Crippen LogP contribution >= 0.6 is 0 Å². The predicted octanol–water partition coefficient (Wildman–Crippen LogP) is 2.76. The predicted molar refractivity (Wildman–Crippen MR) is 83.2 cm³/mol.